The number of halogens is 4. The van der Waals surface area contributed by atoms with Crippen LogP contribution in [0.2, 0.25) is 10.2 Å². The maximum absolute atomic E-state index is 10.7. The lowest BCUT2D eigenvalue weighted by molar-refractivity contribution is -0.137. The zero-order chi connectivity index (χ0) is 12.3. The Morgan fingerprint density at radius 1 is 1.50 bits per heavy atom. The Kier molecular flexibility index (Phi) is 5.34. The average Bonchev–Trinajstić information content (AvgIpc) is 2.45. The monoisotopic (exact) mass is 319 g/mol. The van der Waals surface area contributed by atoms with Crippen LogP contribution in [0.15, 0.2) is 10.6 Å². The second kappa shape index (κ2) is 6.07. The predicted octanol–water partition coefficient (Wildman–Crippen LogP) is 4.33. The fourth-order valence-electron chi connectivity index (χ4n) is 1.07. The minimum absolute atomic E-state index is 0.0214. The van der Waals surface area contributed by atoms with Gasteiger partial charge < -0.3 is 5.11 Å². The molecule has 1 N–H and O–H groups in total. The summed E-state index contributed by atoms with van der Waals surface area (Å²) in [7, 11) is 0. The molecule has 1 unspecified atom stereocenters. The van der Waals surface area contributed by atoms with Crippen molar-refractivity contribution in [3.8, 4) is 0 Å². The molecule has 0 radical (unpaired) electrons. The SMILES string of the molecule is O=C(O)CC(C=C(Cl)Cl)c1snc(Cl)c1Cl. The van der Waals surface area contributed by atoms with Crippen molar-refractivity contribution < 1.29 is 9.90 Å². The van der Waals surface area contributed by atoms with Crippen molar-refractivity contribution in [3.63, 3.8) is 0 Å². The number of allylic oxidation sites excluding steroid dienone is 1. The first kappa shape index (κ1) is 14.1. The highest BCUT2D eigenvalue weighted by atomic mass is 35.5. The van der Waals surface area contributed by atoms with Gasteiger partial charge in [0.2, 0.25) is 0 Å². The number of rotatable bonds is 4. The molecule has 1 aromatic rings. The number of nitrogens with zero attached hydrogens (tertiary/aromatic N) is 1. The summed E-state index contributed by atoms with van der Waals surface area (Å²) >= 11 is 23.6. The van der Waals surface area contributed by atoms with Crippen molar-refractivity contribution in [2.75, 3.05) is 0 Å². The summed E-state index contributed by atoms with van der Waals surface area (Å²) in [5.74, 6) is -1.52. The van der Waals surface area contributed by atoms with Gasteiger partial charge in [-0.2, -0.15) is 4.37 Å². The van der Waals surface area contributed by atoms with Gasteiger partial charge in [-0.15, -0.1) is 0 Å². The Morgan fingerprint density at radius 3 is 2.50 bits per heavy atom. The molecule has 0 spiro atoms. The van der Waals surface area contributed by atoms with Gasteiger partial charge in [-0.25, -0.2) is 0 Å². The van der Waals surface area contributed by atoms with E-state index in [4.69, 9.17) is 51.5 Å². The summed E-state index contributed by atoms with van der Waals surface area (Å²) in [4.78, 5) is 11.2. The maximum atomic E-state index is 10.7. The van der Waals surface area contributed by atoms with E-state index in [1.54, 1.807) is 0 Å². The van der Waals surface area contributed by atoms with Gasteiger partial charge in [-0.3, -0.25) is 4.79 Å². The van der Waals surface area contributed by atoms with E-state index in [1.165, 1.54) is 6.08 Å². The molecule has 1 heterocycles. The Morgan fingerprint density at radius 2 is 2.12 bits per heavy atom. The first-order chi connectivity index (χ1) is 7.41. The van der Waals surface area contributed by atoms with Gasteiger partial charge in [0, 0.05) is 5.92 Å². The molecule has 0 aromatic carbocycles. The minimum Gasteiger partial charge on any atom is -0.481 e. The Bertz CT molecular complexity index is 428. The Balaban J connectivity index is 3.06. The van der Waals surface area contributed by atoms with Crippen LogP contribution in [0.5, 0.6) is 0 Å². The largest absolute Gasteiger partial charge is 0.481 e. The van der Waals surface area contributed by atoms with Crippen LogP contribution < -0.4 is 0 Å². The van der Waals surface area contributed by atoms with Gasteiger partial charge in [0.05, 0.1) is 16.3 Å². The van der Waals surface area contributed by atoms with Crippen molar-refractivity contribution in [2.45, 2.75) is 12.3 Å². The lowest BCUT2D eigenvalue weighted by Gasteiger charge is -2.07. The first-order valence-electron chi connectivity index (χ1n) is 3.97. The van der Waals surface area contributed by atoms with E-state index in [2.05, 4.69) is 4.37 Å². The van der Waals surface area contributed by atoms with Crippen molar-refractivity contribution in [3.05, 3.63) is 25.6 Å². The van der Waals surface area contributed by atoms with Crippen molar-refractivity contribution in [1.82, 2.24) is 4.37 Å². The van der Waals surface area contributed by atoms with Crippen molar-refractivity contribution in [1.29, 1.82) is 0 Å². The van der Waals surface area contributed by atoms with Gasteiger partial charge in [-0.05, 0) is 17.6 Å². The van der Waals surface area contributed by atoms with E-state index in [0.29, 0.717) is 4.88 Å². The molecule has 1 atom stereocenters. The van der Waals surface area contributed by atoms with Crippen LogP contribution in [0.4, 0.5) is 0 Å². The van der Waals surface area contributed by atoms with Gasteiger partial charge >= 0.3 is 5.97 Å². The number of aromatic nitrogens is 1. The molecular formula is C8H5Cl4NO2S. The normalized spacial score (nSPS) is 12.2. The van der Waals surface area contributed by atoms with Crippen LogP contribution in [0.1, 0.15) is 17.2 Å². The quantitative estimate of drug-likeness (QED) is 0.898. The molecule has 0 bridgehead atoms. The summed E-state index contributed by atoms with van der Waals surface area (Å²) in [6, 6.07) is 0. The summed E-state index contributed by atoms with van der Waals surface area (Å²) in [6.45, 7) is 0. The first-order valence-corrected chi connectivity index (χ1v) is 6.25. The summed E-state index contributed by atoms with van der Waals surface area (Å²) in [5.41, 5.74) is 0. The van der Waals surface area contributed by atoms with E-state index >= 15 is 0 Å². The fourth-order valence-corrected chi connectivity index (χ4v) is 2.70. The van der Waals surface area contributed by atoms with Gasteiger partial charge in [0.15, 0.2) is 5.15 Å². The summed E-state index contributed by atoms with van der Waals surface area (Å²) in [5, 5.41) is 9.14. The zero-order valence-corrected chi connectivity index (χ0v) is 11.4. The average molecular weight is 321 g/mol. The molecule has 0 aliphatic heterocycles. The maximum Gasteiger partial charge on any atom is 0.304 e. The molecule has 0 fully saturated rings. The van der Waals surface area contributed by atoms with Crippen molar-refractivity contribution in [2.24, 2.45) is 0 Å². The highest BCUT2D eigenvalue weighted by molar-refractivity contribution is 7.07. The van der Waals surface area contributed by atoms with Crippen molar-refractivity contribution >= 4 is 63.9 Å². The topological polar surface area (TPSA) is 50.2 Å². The van der Waals surface area contributed by atoms with Crippen LogP contribution >= 0.6 is 57.9 Å². The predicted molar refractivity (Wildman–Crippen MR) is 66.9 cm³/mol. The van der Waals surface area contributed by atoms with E-state index in [-0.39, 0.29) is 21.1 Å². The Labute approximate surface area is 116 Å². The molecule has 8 heteroatoms. The molecule has 16 heavy (non-hydrogen) atoms. The molecular weight excluding hydrogens is 316 g/mol. The second-order valence-corrected chi connectivity index (χ2v) is 5.36. The highest BCUT2D eigenvalue weighted by Crippen LogP contribution is 2.37. The van der Waals surface area contributed by atoms with Gasteiger partial charge in [-0.1, -0.05) is 46.4 Å². The van der Waals surface area contributed by atoms with E-state index in [1.807, 2.05) is 0 Å². The fraction of sp³-hybridized carbons (Fsp3) is 0.250. The van der Waals surface area contributed by atoms with Crippen LogP contribution in [-0.4, -0.2) is 15.4 Å². The number of carboxylic acids is 1. The van der Waals surface area contributed by atoms with Gasteiger partial charge in [0.1, 0.15) is 4.49 Å². The minimum atomic E-state index is -0.989. The van der Waals surface area contributed by atoms with Crippen LogP contribution in [0.3, 0.4) is 0 Å². The Hall–Kier alpha value is -0.000000000000000111. The number of carbonyl (C=O) groups is 1. The number of hydrogen-bond acceptors (Lipinski definition) is 3. The van der Waals surface area contributed by atoms with Crippen LogP contribution in [-0.2, 0) is 4.79 Å². The second-order valence-electron chi connectivity index (χ2n) is 2.81. The summed E-state index contributed by atoms with van der Waals surface area (Å²) < 4.78 is 3.80. The number of carboxylic acid groups (broad SMARTS) is 1. The molecule has 0 saturated carbocycles. The smallest absolute Gasteiger partial charge is 0.304 e. The lowest BCUT2D eigenvalue weighted by atomic mass is 10.0. The zero-order valence-electron chi connectivity index (χ0n) is 7.58. The third-order valence-corrected chi connectivity index (χ3v) is 3.87. The third-order valence-electron chi connectivity index (χ3n) is 1.68. The molecule has 3 nitrogen and oxygen atoms in total. The van der Waals surface area contributed by atoms with E-state index in [0.717, 1.165) is 11.5 Å². The highest BCUT2D eigenvalue weighted by Gasteiger charge is 2.21. The molecule has 0 amide bonds. The molecule has 1 rings (SSSR count). The third kappa shape index (κ3) is 3.79. The lowest BCUT2D eigenvalue weighted by Crippen LogP contribution is -2.03. The van der Waals surface area contributed by atoms with E-state index in [9.17, 15) is 4.79 Å². The molecule has 0 saturated heterocycles. The standard InChI is InChI=1S/C8H5Cl4NO2S/c9-4(10)1-3(2-5(14)15)7-6(11)8(12)13-16-7/h1,3H,2H2,(H,14,15). The van der Waals surface area contributed by atoms with Crippen LogP contribution in [0.25, 0.3) is 0 Å². The molecule has 88 valence electrons. The molecule has 0 aliphatic carbocycles. The summed E-state index contributed by atoms with van der Waals surface area (Å²) in [6.07, 6.45) is 1.22. The molecule has 0 aliphatic rings. The van der Waals surface area contributed by atoms with Gasteiger partial charge in [0.25, 0.3) is 0 Å². The van der Waals surface area contributed by atoms with Crippen LogP contribution in [0, 0.1) is 0 Å². The van der Waals surface area contributed by atoms with E-state index < -0.39 is 11.9 Å². The number of aliphatic carboxylic acids is 1. The molecule has 1 aromatic heterocycles. The number of hydrogen-bond donors (Lipinski definition) is 1.